The van der Waals surface area contributed by atoms with Gasteiger partial charge >= 0.3 is 12.1 Å². The number of hydrogen-bond acceptors (Lipinski definition) is 8. The smallest absolute Gasteiger partial charge is 0.407 e. The Balaban J connectivity index is 2.64. The van der Waals surface area contributed by atoms with Crippen LogP contribution in [0.2, 0.25) is 0 Å². The van der Waals surface area contributed by atoms with E-state index < -0.39 is 27.9 Å². The Labute approximate surface area is 164 Å². The van der Waals surface area contributed by atoms with E-state index in [4.69, 9.17) is 13.7 Å². The molecule has 0 spiro atoms. The van der Waals surface area contributed by atoms with Crippen LogP contribution in [0, 0.1) is 0 Å². The molecule has 0 radical (unpaired) electrons. The van der Waals surface area contributed by atoms with Crippen LogP contribution in [0.25, 0.3) is 0 Å². The van der Waals surface area contributed by atoms with Crippen molar-refractivity contribution in [2.75, 3.05) is 19.4 Å². The van der Waals surface area contributed by atoms with Crippen molar-refractivity contribution < 1.29 is 31.7 Å². The quantitative estimate of drug-likeness (QED) is 0.482. The lowest BCUT2D eigenvalue weighted by atomic mass is 10.2. The van der Waals surface area contributed by atoms with Gasteiger partial charge in [-0.2, -0.15) is 8.42 Å². The molecule has 27 heavy (non-hydrogen) atoms. The lowest BCUT2D eigenvalue weighted by molar-refractivity contribution is 0.0497. The summed E-state index contributed by atoms with van der Waals surface area (Å²) in [6, 6.07) is 3.46. The number of rotatable bonds is 9. The van der Waals surface area contributed by atoms with E-state index in [1.165, 1.54) is 11.3 Å². The van der Waals surface area contributed by atoms with Gasteiger partial charge in [0.2, 0.25) is 0 Å². The van der Waals surface area contributed by atoms with E-state index in [9.17, 15) is 18.0 Å². The van der Waals surface area contributed by atoms with Crippen molar-refractivity contribution in [3.05, 3.63) is 21.9 Å². The number of amides is 1. The fraction of sp³-hybridized carbons (Fsp3) is 0.647. The van der Waals surface area contributed by atoms with E-state index in [1.54, 1.807) is 39.8 Å². The number of esters is 1. The minimum atomic E-state index is -3.69. The van der Waals surface area contributed by atoms with E-state index >= 15 is 0 Å². The Morgan fingerprint density at radius 3 is 2.48 bits per heavy atom. The third-order valence-corrected chi connectivity index (χ3v) is 4.78. The van der Waals surface area contributed by atoms with Crippen LogP contribution in [0.5, 0.6) is 0 Å². The summed E-state index contributed by atoms with van der Waals surface area (Å²) in [5.41, 5.74) is -0.655. The fourth-order valence-electron chi connectivity index (χ4n) is 2.07. The SMILES string of the molecule is CCOC(=O)c1ccc(CC[C@H](CNC(=O)OC(C)(C)C)OS(C)(=O)=O)s1. The molecular formula is C17H27NO7S2. The molecule has 0 aromatic carbocycles. The minimum Gasteiger partial charge on any atom is -0.462 e. The average molecular weight is 422 g/mol. The molecule has 0 aliphatic carbocycles. The van der Waals surface area contributed by atoms with Gasteiger partial charge < -0.3 is 14.8 Å². The Hall–Kier alpha value is -1.65. The maximum Gasteiger partial charge on any atom is 0.407 e. The summed E-state index contributed by atoms with van der Waals surface area (Å²) in [6.45, 7) is 7.21. The highest BCUT2D eigenvalue weighted by Crippen LogP contribution is 2.20. The van der Waals surface area contributed by atoms with E-state index in [2.05, 4.69) is 5.32 Å². The Bertz CT molecular complexity index is 735. The number of nitrogens with one attached hydrogen (secondary N) is 1. The van der Waals surface area contributed by atoms with Crippen molar-refractivity contribution in [2.24, 2.45) is 0 Å². The topological polar surface area (TPSA) is 108 Å². The van der Waals surface area contributed by atoms with E-state index in [0.717, 1.165) is 11.1 Å². The number of ether oxygens (including phenoxy) is 2. The molecule has 0 unspecified atom stereocenters. The average Bonchev–Trinajstić information content (AvgIpc) is 2.96. The monoisotopic (exact) mass is 421 g/mol. The van der Waals surface area contributed by atoms with Crippen LogP contribution in [0.4, 0.5) is 4.79 Å². The van der Waals surface area contributed by atoms with Gasteiger partial charge in [0, 0.05) is 11.4 Å². The molecule has 0 fully saturated rings. The lowest BCUT2D eigenvalue weighted by Crippen LogP contribution is -2.38. The van der Waals surface area contributed by atoms with Crippen molar-refractivity contribution in [3.8, 4) is 0 Å². The molecule has 0 saturated carbocycles. The Morgan fingerprint density at radius 1 is 1.26 bits per heavy atom. The number of hydrogen-bond donors (Lipinski definition) is 1. The summed E-state index contributed by atoms with van der Waals surface area (Å²) < 4.78 is 38.1. The van der Waals surface area contributed by atoms with Gasteiger partial charge in [-0.1, -0.05) is 0 Å². The number of carbonyl (C=O) groups is 2. The highest BCUT2D eigenvalue weighted by molar-refractivity contribution is 7.86. The van der Waals surface area contributed by atoms with Gasteiger partial charge in [0.05, 0.1) is 19.0 Å². The van der Waals surface area contributed by atoms with Crippen LogP contribution in [0.3, 0.4) is 0 Å². The van der Waals surface area contributed by atoms with Crippen molar-refractivity contribution in [2.45, 2.75) is 52.2 Å². The summed E-state index contributed by atoms with van der Waals surface area (Å²) >= 11 is 1.28. The summed E-state index contributed by atoms with van der Waals surface area (Å²) in [6.07, 6.45) is 0.384. The second-order valence-corrected chi connectivity index (χ2v) is 9.60. The molecule has 1 aromatic rings. The van der Waals surface area contributed by atoms with Gasteiger partial charge in [-0.25, -0.2) is 9.59 Å². The van der Waals surface area contributed by atoms with Crippen LogP contribution in [-0.4, -0.2) is 51.6 Å². The van der Waals surface area contributed by atoms with E-state index in [0.29, 0.717) is 24.3 Å². The Morgan fingerprint density at radius 2 is 1.93 bits per heavy atom. The first kappa shape index (κ1) is 23.4. The first-order chi connectivity index (χ1) is 12.4. The molecule has 0 aliphatic rings. The van der Waals surface area contributed by atoms with Crippen molar-refractivity contribution >= 4 is 33.5 Å². The standard InChI is InChI=1S/C17H27NO7S2/c1-6-23-15(19)14-10-9-13(26-14)8-7-12(25-27(5,21)22)11-18-16(20)24-17(2,3)4/h9-10,12H,6-8,11H2,1-5H3,(H,18,20)/t12-/m1/s1. The third kappa shape index (κ3) is 10.3. The predicted molar refractivity (Wildman–Crippen MR) is 103 cm³/mol. The van der Waals surface area contributed by atoms with Crippen molar-refractivity contribution in [1.29, 1.82) is 0 Å². The number of carbonyl (C=O) groups excluding carboxylic acids is 2. The maximum atomic E-state index is 11.8. The molecule has 8 nitrogen and oxygen atoms in total. The largest absolute Gasteiger partial charge is 0.462 e. The molecule has 1 amide bonds. The number of alkyl carbamates (subject to hydrolysis) is 1. The molecule has 1 N–H and O–H groups in total. The molecular weight excluding hydrogens is 394 g/mol. The second-order valence-electron chi connectivity index (χ2n) is 6.83. The van der Waals surface area contributed by atoms with Crippen LogP contribution < -0.4 is 5.32 Å². The van der Waals surface area contributed by atoms with Gasteiger partial charge in [0.1, 0.15) is 10.5 Å². The van der Waals surface area contributed by atoms with E-state index in [1.807, 2.05) is 0 Å². The molecule has 1 aromatic heterocycles. The summed E-state index contributed by atoms with van der Waals surface area (Å²) in [5.74, 6) is -0.385. The van der Waals surface area contributed by atoms with Gasteiger partial charge in [-0.15, -0.1) is 11.3 Å². The van der Waals surface area contributed by atoms with Gasteiger partial charge in [0.15, 0.2) is 0 Å². The predicted octanol–water partition coefficient (Wildman–Crippen LogP) is 2.73. The third-order valence-electron chi connectivity index (χ3n) is 3.03. The van der Waals surface area contributed by atoms with Crippen molar-refractivity contribution in [1.82, 2.24) is 5.32 Å². The van der Waals surface area contributed by atoms with Crippen LogP contribution in [0.1, 0.15) is 48.7 Å². The second kappa shape index (κ2) is 10.0. The first-order valence-corrected chi connectivity index (χ1v) is 11.1. The maximum absolute atomic E-state index is 11.8. The minimum absolute atomic E-state index is 0.0158. The fourth-order valence-corrected chi connectivity index (χ4v) is 3.65. The zero-order valence-corrected chi connectivity index (χ0v) is 17.9. The zero-order chi connectivity index (χ0) is 20.7. The van der Waals surface area contributed by atoms with Gasteiger partial charge in [-0.05, 0) is 52.7 Å². The number of thiophene rings is 1. The van der Waals surface area contributed by atoms with Crippen molar-refractivity contribution in [3.63, 3.8) is 0 Å². The van der Waals surface area contributed by atoms with Gasteiger partial charge in [-0.3, -0.25) is 4.18 Å². The van der Waals surface area contributed by atoms with Crippen LogP contribution in [-0.2, 0) is 30.2 Å². The molecule has 1 atom stereocenters. The summed E-state index contributed by atoms with van der Waals surface area (Å²) in [5, 5.41) is 2.52. The first-order valence-electron chi connectivity index (χ1n) is 8.50. The van der Waals surface area contributed by atoms with Crippen LogP contribution in [0.15, 0.2) is 12.1 Å². The normalized spacial score (nSPS) is 13.1. The Kier molecular flexibility index (Phi) is 8.70. The highest BCUT2D eigenvalue weighted by Gasteiger charge is 2.21. The lowest BCUT2D eigenvalue weighted by Gasteiger charge is -2.21. The summed E-state index contributed by atoms with van der Waals surface area (Å²) in [7, 11) is -3.69. The molecule has 10 heteroatoms. The molecule has 154 valence electrons. The highest BCUT2D eigenvalue weighted by atomic mass is 32.2. The van der Waals surface area contributed by atoms with E-state index in [-0.39, 0.29) is 12.5 Å². The van der Waals surface area contributed by atoms with Gasteiger partial charge in [0.25, 0.3) is 10.1 Å². The molecule has 1 rings (SSSR count). The molecule has 1 heterocycles. The molecule has 0 bridgehead atoms. The number of aryl methyl sites for hydroxylation is 1. The van der Waals surface area contributed by atoms with Crippen LogP contribution >= 0.6 is 11.3 Å². The molecule has 0 aliphatic heterocycles. The zero-order valence-electron chi connectivity index (χ0n) is 16.2. The summed E-state index contributed by atoms with van der Waals surface area (Å²) in [4.78, 5) is 24.8. The molecule has 0 saturated heterocycles.